The van der Waals surface area contributed by atoms with E-state index in [4.69, 9.17) is 16.3 Å². The number of carbonyl (C=O) groups excluding carboxylic acids is 3. The summed E-state index contributed by atoms with van der Waals surface area (Å²) in [4.78, 5) is 38.4. The molecule has 1 saturated carbocycles. The van der Waals surface area contributed by atoms with E-state index < -0.39 is 11.9 Å². The van der Waals surface area contributed by atoms with Crippen LogP contribution >= 0.6 is 22.9 Å². The monoisotopic (exact) mass is 422 g/mol. The lowest BCUT2D eigenvalue weighted by atomic mass is 9.94. The molecule has 1 heterocycles. The number of carbonyl (C=O) groups is 3. The summed E-state index contributed by atoms with van der Waals surface area (Å²) in [6.45, 7) is -0.630. The summed E-state index contributed by atoms with van der Waals surface area (Å²) < 4.78 is 5.92. The maximum Gasteiger partial charge on any atom is 0.325 e. The van der Waals surface area contributed by atoms with Crippen LogP contribution in [0.2, 0.25) is 5.02 Å². The van der Waals surface area contributed by atoms with Gasteiger partial charge in [0.2, 0.25) is 0 Å². The Morgan fingerprint density at radius 2 is 1.93 bits per heavy atom. The van der Waals surface area contributed by atoms with Crippen LogP contribution < -0.4 is 5.32 Å². The number of likely N-dealkylation sites (N-methyl/N-ethyl adjacent to an activating group) is 1. The van der Waals surface area contributed by atoms with Gasteiger partial charge in [0.1, 0.15) is 11.4 Å². The normalized spacial score (nSPS) is 14.6. The zero-order valence-corrected chi connectivity index (χ0v) is 17.3. The molecule has 8 heteroatoms. The molecular formula is C20H23ClN2O4S. The Labute approximate surface area is 172 Å². The Morgan fingerprint density at radius 3 is 2.64 bits per heavy atom. The van der Waals surface area contributed by atoms with Crippen LogP contribution in [-0.4, -0.2) is 48.9 Å². The first-order valence-electron chi connectivity index (χ1n) is 9.34. The average Bonchev–Trinajstić information content (AvgIpc) is 3.07. The zero-order chi connectivity index (χ0) is 20.1. The van der Waals surface area contributed by atoms with Crippen molar-refractivity contribution in [2.75, 3.05) is 20.2 Å². The zero-order valence-electron chi connectivity index (χ0n) is 15.7. The lowest BCUT2D eigenvalue weighted by Gasteiger charge is -2.31. The van der Waals surface area contributed by atoms with Gasteiger partial charge >= 0.3 is 5.97 Å². The first kappa shape index (κ1) is 20.6. The maximum atomic E-state index is 12.3. The number of amides is 2. The number of nitrogens with zero attached hydrogens (tertiary/aromatic N) is 1. The Morgan fingerprint density at radius 1 is 1.21 bits per heavy atom. The van der Waals surface area contributed by atoms with E-state index in [2.05, 4.69) is 5.32 Å². The van der Waals surface area contributed by atoms with Gasteiger partial charge in [-0.25, -0.2) is 0 Å². The number of benzene rings is 1. The summed E-state index contributed by atoms with van der Waals surface area (Å²) in [6, 6.07) is 7.66. The largest absolute Gasteiger partial charge is 0.454 e. The van der Waals surface area contributed by atoms with Crippen molar-refractivity contribution in [2.45, 2.75) is 38.1 Å². The molecule has 0 aliphatic heterocycles. The quantitative estimate of drug-likeness (QED) is 0.721. The lowest BCUT2D eigenvalue weighted by molar-refractivity contribution is -0.151. The van der Waals surface area contributed by atoms with Gasteiger partial charge in [0.15, 0.2) is 6.61 Å². The minimum atomic E-state index is -0.657. The van der Waals surface area contributed by atoms with Gasteiger partial charge in [0, 0.05) is 23.2 Å². The van der Waals surface area contributed by atoms with Gasteiger partial charge < -0.3 is 15.0 Å². The van der Waals surface area contributed by atoms with E-state index in [-0.39, 0.29) is 25.1 Å². The number of hydrogen-bond donors (Lipinski definition) is 1. The maximum absolute atomic E-state index is 12.3. The molecule has 1 aliphatic carbocycles. The van der Waals surface area contributed by atoms with Crippen LogP contribution in [0.25, 0.3) is 10.1 Å². The Balaban J connectivity index is 1.46. The highest BCUT2D eigenvalue weighted by Gasteiger charge is 2.23. The Hall–Kier alpha value is -2.12. The van der Waals surface area contributed by atoms with Gasteiger partial charge in [-0.2, -0.15) is 0 Å². The van der Waals surface area contributed by atoms with E-state index in [1.54, 1.807) is 11.9 Å². The van der Waals surface area contributed by atoms with Crippen molar-refractivity contribution in [1.29, 1.82) is 0 Å². The van der Waals surface area contributed by atoms with Crippen molar-refractivity contribution in [2.24, 2.45) is 0 Å². The number of rotatable bonds is 6. The Bertz CT molecular complexity index is 876. The lowest BCUT2D eigenvalue weighted by Crippen LogP contribution is -2.41. The summed E-state index contributed by atoms with van der Waals surface area (Å²) in [5.74, 6) is -1.32. The van der Waals surface area contributed by atoms with E-state index in [0.29, 0.717) is 9.90 Å². The van der Waals surface area contributed by atoms with Crippen LogP contribution in [0.3, 0.4) is 0 Å². The molecule has 0 atom stereocenters. The highest BCUT2D eigenvalue weighted by molar-refractivity contribution is 7.21. The number of ether oxygens (including phenoxy) is 1. The van der Waals surface area contributed by atoms with Crippen LogP contribution in [-0.2, 0) is 14.3 Å². The molecule has 1 aromatic carbocycles. The summed E-state index contributed by atoms with van der Waals surface area (Å²) >= 11 is 7.53. The van der Waals surface area contributed by atoms with E-state index in [1.807, 2.05) is 24.3 Å². The van der Waals surface area contributed by atoms with Crippen LogP contribution in [0.1, 0.15) is 41.8 Å². The van der Waals surface area contributed by atoms with Gasteiger partial charge in [-0.3, -0.25) is 14.4 Å². The molecule has 3 rings (SSSR count). The van der Waals surface area contributed by atoms with Crippen molar-refractivity contribution >= 4 is 50.8 Å². The van der Waals surface area contributed by atoms with Crippen molar-refractivity contribution in [3.8, 4) is 0 Å². The molecule has 0 radical (unpaired) electrons. The fourth-order valence-corrected chi connectivity index (χ4v) is 4.79. The first-order chi connectivity index (χ1) is 13.5. The fraction of sp³-hybridized carbons (Fsp3) is 0.450. The first-order valence-corrected chi connectivity index (χ1v) is 10.5. The molecule has 2 amide bonds. The average molecular weight is 423 g/mol. The Kier molecular flexibility index (Phi) is 6.91. The van der Waals surface area contributed by atoms with E-state index >= 15 is 0 Å². The summed E-state index contributed by atoms with van der Waals surface area (Å²) in [5.41, 5.74) is 0. The number of halogens is 1. The van der Waals surface area contributed by atoms with Crippen LogP contribution in [0.4, 0.5) is 0 Å². The molecule has 1 N–H and O–H groups in total. The molecule has 6 nitrogen and oxygen atoms in total. The minimum Gasteiger partial charge on any atom is -0.454 e. The van der Waals surface area contributed by atoms with Crippen molar-refractivity contribution in [3.63, 3.8) is 0 Å². The number of nitrogens with one attached hydrogen (secondary N) is 1. The third-order valence-electron chi connectivity index (χ3n) is 5.01. The smallest absolute Gasteiger partial charge is 0.325 e. The molecule has 1 aromatic heterocycles. The summed E-state index contributed by atoms with van der Waals surface area (Å²) in [7, 11) is 1.75. The van der Waals surface area contributed by atoms with Crippen LogP contribution in [0, 0.1) is 0 Å². The van der Waals surface area contributed by atoms with Gasteiger partial charge in [0.05, 0.1) is 5.02 Å². The standard InChI is InChI=1S/C20H23ClN2O4S/c1-23(13-7-3-2-4-8-13)16(24)12-27-17(25)11-22-20(26)19-18(21)14-9-5-6-10-15(14)28-19/h5-6,9-10,13H,2-4,7-8,11-12H2,1H3,(H,22,26). The number of hydrogen-bond acceptors (Lipinski definition) is 5. The van der Waals surface area contributed by atoms with Crippen LogP contribution in [0.5, 0.6) is 0 Å². The third kappa shape index (κ3) is 4.83. The van der Waals surface area contributed by atoms with Gasteiger partial charge in [-0.15, -0.1) is 11.3 Å². The second kappa shape index (κ2) is 9.39. The van der Waals surface area contributed by atoms with Gasteiger partial charge in [-0.1, -0.05) is 49.1 Å². The molecule has 1 aliphatic rings. The number of fused-ring (bicyclic) bond motifs is 1. The summed E-state index contributed by atoms with van der Waals surface area (Å²) in [5, 5.41) is 3.68. The fourth-order valence-electron chi connectivity index (χ4n) is 3.36. The van der Waals surface area contributed by atoms with Gasteiger partial charge in [0.25, 0.3) is 11.8 Å². The van der Waals surface area contributed by atoms with Gasteiger partial charge in [-0.05, 0) is 18.9 Å². The van der Waals surface area contributed by atoms with E-state index in [9.17, 15) is 14.4 Å². The predicted molar refractivity (Wildman–Crippen MR) is 110 cm³/mol. The topological polar surface area (TPSA) is 75.7 Å². The molecule has 0 spiro atoms. The molecule has 0 bridgehead atoms. The molecular weight excluding hydrogens is 400 g/mol. The van der Waals surface area contributed by atoms with Crippen molar-refractivity contribution < 1.29 is 19.1 Å². The highest BCUT2D eigenvalue weighted by Crippen LogP contribution is 2.34. The number of esters is 1. The minimum absolute atomic E-state index is 0.217. The molecule has 0 unspecified atom stereocenters. The number of thiophene rings is 1. The third-order valence-corrected chi connectivity index (χ3v) is 6.68. The van der Waals surface area contributed by atoms with Crippen LogP contribution in [0.15, 0.2) is 24.3 Å². The SMILES string of the molecule is CN(C(=O)COC(=O)CNC(=O)c1sc2ccccc2c1Cl)C1CCCCC1. The molecule has 1 fully saturated rings. The molecule has 150 valence electrons. The predicted octanol–water partition coefficient (Wildman–Crippen LogP) is 3.62. The molecule has 28 heavy (non-hydrogen) atoms. The second-order valence-corrected chi connectivity index (χ2v) is 8.31. The molecule has 0 saturated heterocycles. The van der Waals surface area contributed by atoms with Crippen molar-refractivity contribution in [1.82, 2.24) is 10.2 Å². The summed E-state index contributed by atoms with van der Waals surface area (Å²) in [6.07, 6.45) is 5.42. The van der Waals surface area contributed by atoms with E-state index in [0.717, 1.165) is 35.8 Å². The molecule has 2 aromatic rings. The highest BCUT2D eigenvalue weighted by atomic mass is 35.5. The van der Waals surface area contributed by atoms with E-state index in [1.165, 1.54) is 17.8 Å². The second-order valence-electron chi connectivity index (χ2n) is 6.88. The van der Waals surface area contributed by atoms with Crippen molar-refractivity contribution in [3.05, 3.63) is 34.2 Å².